The first-order valence-electron chi connectivity index (χ1n) is 6.98. The summed E-state index contributed by atoms with van der Waals surface area (Å²) in [6, 6.07) is 5.52. The van der Waals surface area contributed by atoms with Gasteiger partial charge in [0.25, 0.3) is 5.91 Å². The van der Waals surface area contributed by atoms with E-state index in [4.69, 9.17) is 0 Å². The highest BCUT2D eigenvalue weighted by Gasteiger charge is 2.23. The van der Waals surface area contributed by atoms with Crippen molar-refractivity contribution >= 4 is 11.9 Å². The van der Waals surface area contributed by atoms with E-state index < -0.39 is 0 Å². The van der Waals surface area contributed by atoms with Gasteiger partial charge in [-0.2, -0.15) is 0 Å². The van der Waals surface area contributed by atoms with Crippen molar-refractivity contribution in [3.63, 3.8) is 0 Å². The van der Waals surface area contributed by atoms with Gasteiger partial charge in [0.15, 0.2) is 0 Å². The maximum Gasteiger partial charge on any atom is 0.272 e. The number of hydrogen-bond acceptors (Lipinski definition) is 5. The summed E-state index contributed by atoms with van der Waals surface area (Å²) < 4.78 is 0. The summed E-state index contributed by atoms with van der Waals surface area (Å²) in [6.45, 7) is 4.76. The third-order valence-electron chi connectivity index (χ3n) is 3.54. The molecule has 3 rings (SSSR count). The van der Waals surface area contributed by atoms with E-state index in [-0.39, 0.29) is 5.91 Å². The van der Waals surface area contributed by atoms with Gasteiger partial charge in [0.2, 0.25) is 5.95 Å². The first-order valence-corrected chi connectivity index (χ1v) is 6.98. The number of pyridine rings is 1. The number of rotatable bonds is 2. The van der Waals surface area contributed by atoms with Crippen LogP contribution >= 0.6 is 0 Å². The molecule has 21 heavy (non-hydrogen) atoms. The Morgan fingerprint density at radius 3 is 2.43 bits per heavy atom. The fourth-order valence-corrected chi connectivity index (χ4v) is 2.38. The van der Waals surface area contributed by atoms with Crippen LogP contribution in [0.15, 0.2) is 36.8 Å². The van der Waals surface area contributed by atoms with Crippen LogP contribution in [0.1, 0.15) is 16.1 Å². The van der Waals surface area contributed by atoms with Crippen LogP contribution < -0.4 is 4.90 Å². The van der Waals surface area contributed by atoms with Crippen LogP contribution in [0.3, 0.4) is 0 Å². The van der Waals surface area contributed by atoms with Crippen LogP contribution in [0.5, 0.6) is 0 Å². The average molecular weight is 283 g/mol. The van der Waals surface area contributed by atoms with Gasteiger partial charge in [0, 0.05) is 44.8 Å². The summed E-state index contributed by atoms with van der Waals surface area (Å²) >= 11 is 0. The van der Waals surface area contributed by atoms with E-state index in [1.807, 2.05) is 24.0 Å². The zero-order valence-corrected chi connectivity index (χ0v) is 11.9. The van der Waals surface area contributed by atoms with Gasteiger partial charge in [0.1, 0.15) is 5.69 Å². The molecule has 0 radical (unpaired) electrons. The number of nitrogens with zero attached hydrogens (tertiary/aromatic N) is 5. The summed E-state index contributed by atoms with van der Waals surface area (Å²) in [6.07, 6.45) is 5.14. The van der Waals surface area contributed by atoms with Crippen molar-refractivity contribution in [2.45, 2.75) is 6.92 Å². The van der Waals surface area contributed by atoms with Crippen molar-refractivity contribution in [1.82, 2.24) is 19.9 Å². The number of aryl methyl sites for hydroxylation is 1. The lowest BCUT2D eigenvalue weighted by Gasteiger charge is -2.34. The molecule has 2 aromatic heterocycles. The van der Waals surface area contributed by atoms with E-state index in [9.17, 15) is 4.79 Å². The van der Waals surface area contributed by atoms with Crippen molar-refractivity contribution in [1.29, 1.82) is 0 Å². The maximum atomic E-state index is 12.4. The highest BCUT2D eigenvalue weighted by atomic mass is 16.2. The van der Waals surface area contributed by atoms with Crippen LogP contribution in [0.25, 0.3) is 0 Å². The van der Waals surface area contributed by atoms with E-state index in [2.05, 4.69) is 19.9 Å². The second-order valence-electron chi connectivity index (χ2n) is 5.05. The number of aromatic nitrogens is 3. The molecule has 0 aromatic carbocycles. The monoisotopic (exact) mass is 283 g/mol. The number of hydrogen-bond donors (Lipinski definition) is 0. The van der Waals surface area contributed by atoms with E-state index >= 15 is 0 Å². The number of piperazine rings is 1. The molecule has 1 aliphatic rings. The summed E-state index contributed by atoms with van der Waals surface area (Å²) in [7, 11) is 0. The third-order valence-corrected chi connectivity index (χ3v) is 3.54. The predicted molar refractivity (Wildman–Crippen MR) is 79.1 cm³/mol. The first-order chi connectivity index (χ1) is 10.2. The highest BCUT2D eigenvalue weighted by Crippen LogP contribution is 2.12. The minimum atomic E-state index is -0.00710. The van der Waals surface area contributed by atoms with Crippen LogP contribution in [0.2, 0.25) is 0 Å². The number of anilines is 1. The molecular formula is C15H17N5O. The van der Waals surface area contributed by atoms with Gasteiger partial charge in [-0.3, -0.25) is 9.78 Å². The summed E-state index contributed by atoms with van der Waals surface area (Å²) in [5, 5.41) is 0. The largest absolute Gasteiger partial charge is 0.337 e. The zero-order valence-electron chi connectivity index (χ0n) is 11.9. The minimum Gasteiger partial charge on any atom is -0.337 e. The maximum absolute atomic E-state index is 12.4. The van der Waals surface area contributed by atoms with Crippen molar-refractivity contribution in [2.24, 2.45) is 0 Å². The molecule has 6 nitrogen and oxygen atoms in total. The Hall–Kier alpha value is -2.50. The SMILES string of the molecule is Cc1ccnc(C(=O)N2CCN(c3ncccn3)CC2)c1. The standard InChI is InChI=1S/C15H17N5O/c1-12-3-6-16-13(11-12)14(21)19-7-9-20(10-8-19)15-17-4-2-5-18-15/h2-6,11H,7-10H2,1H3. The fraction of sp³-hybridized carbons (Fsp3) is 0.333. The zero-order chi connectivity index (χ0) is 14.7. The molecule has 1 fully saturated rings. The molecule has 108 valence electrons. The van der Waals surface area contributed by atoms with Gasteiger partial charge < -0.3 is 9.80 Å². The van der Waals surface area contributed by atoms with E-state index in [0.717, 1.165) is 24.6 Å². The van der Waals surface area contributed by atoms with Gasteiger partial charge in [-0.1, -0.05) is 0 Å². The fourth-order valence-electron chi connectivity index (χ4n) is 2.38. The van der Waals surface area contributed by atoms with Gasteiger partial charge in [-0.25, -0.2) is 9.97 Å². The molecule has 6 heteroatoms. The Morgan fingerprint density at radius 1 is 1.05 bits per heavy atom. The molecule has 0 N–H and O–H groups in total. The smallest absolute Gasteiger partial charge is 0.272 e. The molecule has 0 unspecified atom stereocenters. The lowest BCUT2D eigenvalue weighted by Crippen LogP contribution is -2.49. The number of amides is 1. The molecule has 3 heterocycles. The van der Waals surface area contributed by atoms with Crippen molar-refractivity contribution in [3.8, 4) is 0 Å². The minimum absolute atomic E-state index is 0.00710. The molecule has 1 aliphatic heterocycles. The van der Waals surface area contributed by atoms with Crippen molar-refractivity contribution in [2.75, 3.05) is 31.1 Å². The van der Waals surface area contributed by atoms with Crippen LogP contribution in [0.4, 0.5) is 5.95 Å². The molecule has 2 aromatic rings. The number of carbonyl (C=O) groups is 1. The lowest BCUT2D eigenvalue weighted by atomic mass is 10.2. The molecule has 1 amide bonds. The van der Waals surface area contributed by atoms with Gasteiger partial charge in [-0.05, 0) is 30.7 Å². The Morgan fingerprint density at radius 2 is 1.76 bits per heavy atom. The molecule has 0 spiro atoms. The highest BCUT2D eigenvalue weighted by molar-refractivity contribution is 5.92. The van der Waals surface area contributed by atoms with Crippen molar-refractivity contribution in [3.05, 3.63) is 48.0 Å². The summed E-state index contributed by atoms with van der Waals surface area (Å²) in [4.78, 5) is 29.0. The first kappa shape index (κ1) is 13.5. The molecule has 0 atom stereocenters. The lowest BCUT2D eigenvalue weighted by molar-refractivity contribution is 0.0740. The second-order valence-corrected chi connectivity index (χ2v) is 5.05. The molecule has 1 saturated heterocycles. The Balaban J connectivity index is 1.64. The van der Waals surface area contributed by atoms with Crippen LogP contribution in [0, 0.1) is 6.92 Å². The average Bonchev–Trinajstić information content (AvgIpc) is 2.55. The Labute approximate surface area is 123 Å². The number of carbonyl (C=O) groups excluding carboxylic acids is 1. The van der Waals surface area contributed by atoms with Crippen molar-refractivity contribution < 1.29 is 4.79 Å². The summed E-state index contributed by atoms with van der Waals surface area (Å²) in [5.41, 5.74) is 1.56. The topological polar surface area (TPSA) is 62.2 Å². The predicted octanol–water partition coefficient (Wildman–Crippen LogP) is 1.14. The Bertz CT molecular complexity index is 623. The molecule has 0 bridgehead atoms. The van der Waals surface area contributed by atoms with Gasteiger partial charge >= 0.3 is 0 Å². The van der Waals surface area contributed by atoms with Crippen LogP contribution in [-0.2, 0) is 0 Å². The molecular weight excluding hydrogens is 266 g/mol. The molecule has 0 saturated carbocycles. The van der Waals surface area contributed by atoms with E-state index in [1.54, 1.807) is 24.7 Å². The summed E-state index contributed by atoms with van der Waals surface area (Å²) in [5.74, 6) is 0.714. The second kappa shape index (κ2) is 5.87. The van der Waals surface area contributed by atoms with E-state index in [1.165, 1.54) is 0 Å². The third kappa shape index (κ3) is 2.99. The van der Waals surface area contributed by atoms with Crippen LogP contribution in [-0.4, -0.2) is 51.9 Å². The Kier molecular flexibility index (Phi) is 3.77. The quantitative estimate of drug-likeness (QED) is 0.827. The van der Waals surface area contributed by atoms with E-state index in [0.29, 0.717) is 18.8 Å². The van der Waals surface area contributed by atoms with Gasteiger partial charge in [-0.15, -0.1) is 0 Å². The van der Waals surface area contributed by atoms with Gasteiger partial charge in [0.05, 0.1) is 0 Å². The normalized spacial score (nSPS) is 15.1. The molecule has 0 aliphatic carbocycles.